The second kappa shape index (κ2) is 8.32. The summed E-state index contributed by atoms with van der Waals surface area (Å²) >= 11 is 0. The molecule has 2 rings (SSSR count). The Kier molecular flexibility index (Phi) is 6.90. The second-order valence-corrected chi connectivity index (χ2v) is 6.36. The molecular weight excluding hydrogens is 326 g/mol. The van der Waals surface area contributed by atoms with E-state index in [0.717, 1.165) is 4.90 Å². The van der Waals surface area contributed by atoms with Gasteiger partial charge in [-0.15, -0.1) is 0 Å². The Morgan fingerprint density at radius 2 is 1.62 bits per heavy atom. The summed E-state index contributed by atoms with van der Waals surface area (Å²) in [5.41, 5.74) is 0. The number of nitrogens with one attached hydrogen (secondary N) is 1. The highest BCUT2D eigenvalue weighted by Gasteiger charge is 2.50. The maximum absolute atomic E-state index is 10.2. The molecule has 10 atom stereocenters. The highest BCUT2D eigenvalue weighted by molar-refractivity contribution is 4.92. The van der Waals surface area contributed by atoms with Crippen LogP contribution in [-0.2, 0) is 9.47 Å². The van der Waals surface area contributed by atoms with Crippen LogP contribution in [0.3, 0.4) is 0 Å². The molecule has 2 fully saturated rings. The molecule has 0 saturated carbocycles. The molecule has 0 bridgehead atoms. The Balaban J connectivity index is 2.16. The minimum atomic E-state index is -1.61. The number of hydrogen-bond acceptors (Lipinski definition) is 9. The van der Waals surface area contributed by atoms with Crippen molar-refractivity contribution < 1.29 is 50.1 Å². The van der Waals surface area contributed by atoms with Gasteiger partial charge < -0.3 is 50.1 Å². The summed E-state index contributed by atoms with van der Waals surface area (Å²) in [5.74, 6) is 0. The summed E-state index contributed by atoms with van der Waals surface area (Å²) in [6.07, 6.45) is -10.8. The van der Waals surface area contributed by atoms with Crippen LogP contribution in [0, 0.1) is 0 Å². The molecule has 2 saturated heterocycles. The lowest BCUT2D eigenvalue weighted by Gasteiger charge is -2.46. The van der Waals surface area contributed by atoms with Gasteiger partial charge in [-0.05, 0) is 6.92 Å². The van der Waals surface area contributed by atoms with Crippen LogP contribution in [0.2, 0.25) is 0 Å². The van der Waals surface area contributed by atoms with Gasteiger partial charge >= 0.3 is 0 Å². The van der Waals surface area contributed by atoms with Crippen molar-refractivity contribution in [3.63, 3.8) is 0 Å². The maximum atomic E-state index is 10.2. The second-order valence-electron chi connectivity index (χ2n) is 6.36. The third-order valence-electron chi connectivity index (χ3n) is 4.91. The van der Waals surface area contributed by atoms with E-state index >= 15 is 0 Å². The molecule has 0 aromatic heterocycles. The van der Waals surface area contributed by atoms with Gasteiger partial charge in [0, 0.05) is 0 Å². The van der Waals surface area contributed by atoms with Gasteiger partial charge in [0.1, 0.15) is 55.3 Å². The van der Waals surface area contributed by atoms with Gasteiger partial charge in [-0.3, -0.25) is 0 Å². The maximum Gasteiger partial charge on any atom is 0.187 e. The molecule has 0 aromatic rings. The molecule has 0 amide bonds. The Bertz CT molecular complexity index is 398. The molecule has 142 valence electrons. The van der Waals surface area contributed by atoms with Gasteiger partial charge in [-0.2, -0.15) is 0 Å². The van der Waals surface area contributed by atoms with Crippen LogP contribution in [-0.4, -0.2) is 117 Å². The number of hydrogen-bond donors (Lipinski definition) is 8. The minimum absolute atomic E-state index is 0.234. The summed E-state index contributed by atoms with van der Waals surface area (Å²) in [7, 11) is 0. The average Bonchev–Trinajstić information content (AvgIpc) is 2.58. The number of ether oxygens (including phenoxy) is 2. The van der Waals surface area contributed by atoms with E-state index in [0.29, 0.717) is 6.54 Å². The van der Waals surface area contributed by atoms with E-state index in [1.54, 1.807) is 0 Å². The Hall–Kier alpha value is -0.400. The summed E-state index contributed by atoms with van der Waals surface area (Å²) in [6.45, 7) is 1.74. The average molecular weight is 354 g/mol. The predicted octanol–water partition coefficient (Wildman–Crippen LogP) is -5.83. The van der Waals surface area contributed by atoms with Gasteiger partial charge in [0.25, 0.3) is 0 Å². The first-order chi connectivity index (χ1) is 11.3. The first-order valence-electron chi connectivity index (χ1n) is 8.13. The van der Waals surface area contributed by atoms with Crippen molar-refractivity contribution in [2.24, 2.45) is 0 Å². The number of aliphatic hydroxyl groups is 7. The monoisotopic (exact) mass is 354 g/mol. The molecule has 0 aliphatic carbocycles. The first-order valence-corrected chi connectivity index (χ1v) is 8.13. The standard InChI is InChI=1S/C14H27NO9/c1-2-15-3-7(18)9(19)13(6(15)4-16)24-14-12(22)11(21)10(20)8(5-17)23-14/h6-14,16-22H,2-5H2,1H3/p+1/t6-,7+,8-,9-,10-,11+,12-,13?,14-/m1/s1. The van der Waals surface area contributed by atoms with Crippen molar-refractivity contribution in [2.45, 2.75) is 62.0 Å². The van der Waals surface area contributed by atoms with Crippen molar-refractivity contribution in [2.75, 3.05) is 26.3 Å². The van der Waals surface area contributed by atoms with E-state index in [-0.39, 0.29) is 13.2 Å². The molecule has 8 N–H and O–H groups in total. The Morgan fingerprint density at radius 3 is 2.17 bits per heavy atom. The van der Waals surface area contributed by atoms with Crippen molar-refractivity contribution >= 4 is 0 Å². The topological polar surface area (TPSA) is 165 Å². The number of aliphatic hydroxyl groups excluding tert-OH is 7. The van der Waals surface area contributed by atoms with E-state index in [2.05, 4.69) is 0 Å². The van der Waals surface area contributed by atoms with Gasteiger partial charge in [0.2, 0.25) is 0 Å². The van der Waals surface area contributed by atoms with Crippen LogP contribution in [0.4, 0.5) is 0 Å². The van der Waals surface area contributed by atoms with E-state index in [9.17, 15) is 35.7 Å². The number of quaternary nitrogens is 1. The lowest BCUT2D eigenvalue weighted by atomic mass is 9.93. The lowest BCUT2D eigenvalue weighted by molar-refractivity contribution is -0.938. The van der Waals surface area contributed by atoms with Crippen molar-refractivity contribution in [3.05, 3.63) is 0 Å². The fourth-order valence-corrected chi connectivity index (χ4v) is 3.38. The van der Waals surface area contributed by atoms with Crippen LogP contribution in [0.1, 0.15) is 6.92 Å². The zero-order valence-electron chi connectivity index (χ0n) is 13.5. The van der Waals surface area contributed by atoms with Gasteiger partial charge in [-0.1, -0.05) is 0 Å². The molecular formula is C14H28NO9+. The molecule has 0 spiro atoms. The predicted molar refractivity (Wildman–Crippen MR) is 77.9 cm³/mol. The Labute approximate surface area is 139 Å². The number of likely N-dealkylation sites (tertiary alicyclic amines) is 1. The van der Waals surface area contributed by atoms with Crippen LogP contribution in [0.25, 0.3) is 0 Å². The number of piperidine rings is 1. The SMILES string of the molecule is CC[NH+]1C[C@H](O)[C@@H](O)C(O[C@H]2O[C@H](CO)[C@@H](O)[C@H](O)[C@H]2O)[C@H]1CO. The zero-order chi connectivity index (χ0) is 18.0. The molecule has 0 radical (unpaired) electrons. The third kappa shape index (κ3) is 3.73. The number of likely N-dealkylation sites (N-methyl/N-ethyl adjacent to an activating group) is 1. The summed E-state index contributed by atoms with van der Waals surface area (Å²) in [6, 6.07) is -0.569. The fourth-order valence-electron chi connectivity index (χ4n) is 3.38. The first kappa shape index (κ1) is 19.9. The molecule has 10 nitrogen and oxygen atoms in total. The van der Waals surface area contributed by atoms with Gasteiger partial charge in [-0.25, -0.2) is 0 Å². The molecule has 2 aliphatic rings. The normalized spacial score (nSPS) is 50.0. The van der Waals surface area contributed by atoms with Gasteiger partial charge in [0.15, 0.2) is 6.29 Å². The third-order valence-corrected chi connectivity index (χ3v) is 4.91. The quantitative estimate of drug-likeness (QED) is 0.240. The van der Waals surface area contributed by atoms with Crippen LogP contribution in [0.5, 0.6) is 0 Å². The highest BCUT2D eigenvalue weighted by Crippen LogP contribution is 2.25. The van der Waals surface area contributed by atoms with Crippen molar-refractivity contribution in [3.8, 4) is 0 Å². The molecule has 10 heteroatoms. The van der Waals surface area contributed by atoms with E-state index in [1.165, 1.54) is 0 Å². The minimum Gasteiger partial charge on any atom is -0.394 e. The van der Waals surface area contributed by atoms with Crippen LogP contribution < -0.4 is 4.90 Å². The molecule has 2 aliphatic heterocycles. The molecule has 2 unspecified atom stereocenters. The zero-order valence-corrected chi connectivity index (χ0v) is 13.5. The van der Waals surface area contributed by atoms with E-state index < -0.39 is 61.7 Å². The highest BCUT2D eigenvalue weighted by atomic mass is 16.7. The fraction of sp³-hybridized carbons (Fsp3) is 1.00. The summed E-state index contributed by atoms with van der Waals surface area (Å²) in [4.78, 5) is 0.810. The van der Waals surface area contributed by atoms with E-state index in [1.807, 2.05) is 6.92 Å². The summed E-state index contributed by atoms with van der Waals surface area (Å²) in [5, 5.41) is 68.6. The molecule has 24 heavy (non-hydrogen) atoms. The smallest absolute Gasteiger partial charge is 0.187 e. The largest absolute Gasteiger partial charge is 0.394 e. The lowest BCUT2D eigenvalue weighted by Crippen LogP contribution is -3.20. The van der Waals surface area contributed by atoms with E-state index in [4.69, 9.17) is 9.47 Å². The summed E-state index contributed by atoms with van der Waals surface area (Å²) < 4.78 is 10.8. The van der Waals surface area contributed by atoms with Crippen molar-refractivity contribution in [1.29, 1.82) is 0 Å². The molecule has 0 aromatic carbocycles. The van der Waals surface area contributed by atoms with Crippen LogP contribution in [0.15, 0.2) is 0 Å². The molecule has 2 heterocycles. The number of rotatable bonds is 5. The Morgan fingerprint density at radius 1 is 0.958 bits per heavy atom. The van der Waals surface area contributed by atoms with Gasteiger partial charge in [0.05, 0.1) is 19.8 Å². The van der Waals surface area contributed by atoms with Crippen molar-refractivity contribution in [1.82, 2.24) is 0 Å². The van der Waals surface area contributed by atoms with Crippen LogP contribution >= 0.6 is 0 Å².